The summed E-state index contributed by atoms with van der Waals surface area (Å²) in [4.78, 5) is 12.9. The molecular weight excluding hydrogens is 340 g/mol. The summed E-state index contributed by atoms with van der Waals surface area (Å²) in [5, 5.41) is 6.51. The molecule has 3 rings (SSSR count). The number of carbonyl (C=O) groups excluding carboxylic acids is 1. The van der Waals surface area contributed by atoms with Crippen molar-refractivity contribution < 1.29 is 14.3 Å². The van der Waals surface area contributed by atoms with Crippen LogP contribution >= 0.6 is 0 Å². The quantitative estimate of drug-likeness (QED) is 0.795. The molecule has 2 aromatic rings. The van der Waals surface area contributed by atoms with Crippen LogP contribution in [0.3, 0.4) is 0 Å². The zero-order valence-corrected chi connectivity index (χ0v) is 16.2. The maximum Gasteiger partial charge on any atom is 0.253 e. The zero-order valence-electron chi connectivity index (χ0n) is 16.2. The Labute approximate surface area is 161 Å². The summed E-state index contributed by atoms with van der Waals surface area (Å²) in [5.74, 6) is 1.19. The number of carbonyl (C=O) groups is 1. The molecule has 1 fully saturated rings. The number of methoxy groups -OCH3 is 1. The molecule has 0 unspecified atom stereocenters. The van der Waals surface area contributed by atoms with Crippen LogP contribution in [0.5, 0.6) is 5.75 Å². The second-order valence-electron chi connectivity index (χ2n) is 7.25. The number of rotatable bonds is 6. The maximum atomic E-state index is 12.9. The Kier molecular flexibility index (Phi) is 6.35. The smallest absolute Gasteiger partial charge is 0.253 e. The monoisotopic (exact) mass is 368 g/mol. The van der Waals surface area contributed by atoms with Crippen LogP contribution in [0.4, 0.5) is 11.4 Å². The summed E-state index contributed by atoms with van der Waals surface area (Å²) < 4.78 is 11.0. The molecule has 27 heavy (non-hydrogen) atoms. The second kappa shape index (κ2) is 8.91. The molecule has 0 spiro atoms. The van der Waals surface area contributed by atoms with Crippen molar-refractivity contribution in [1.29, 1.82) is 0 Å². The van der Waals surface area contributed by atoms with E-state index in [9.17, 15) is 4.79 Å². The first kappa shape index (κ1) is 19.2. The molecule has 2 atom stereocenters. The Bertz CT molecular complexity index is 758. The number of ether oxygens (including phenoxy) is 2. The first-order valence-corrected chi connectivity index (χ1v) is 9.49. The normalized spacial score (nSPS) is 19.6. The lowest BCUT2D eigenvalue weighted by atomic mass is 9.95. The van der Waals surface area contributed by atoms with Gasteiger partial charge in [0.05, 0.1) is 24.5 Å². The van der Waals surface area contributed by atoms with Crippen LogP contribution in [-0.4, -0.2) is 31.8 Å². The summed E-state index contributed by atoms with van der Waals surface area (Å²) in [6, 6.07) is 15.4. The summed E-state index contributed by atoms with van der Waals surface area (Å²) in [5.41, 5.74) is 2.33. The van der Waals surface area contributed by atoms with Gasteiger partial charge in [-0.15, -0.1) is 0 Å². The SMILES string of the molecule is COc1ccc(Nc2ccccc2C(=O)N[C@H]2CCO[C@H](C(C)C)C2)cc1. The van der Waals surface area contributed by atoms with Crippen LogP contribution in [-0.2, 0) is 4.74 Å². The van der Waals surface area contributed by atoms with E-state index in [1.165, 1.54) is 0 Å². The van der Waals surface area contributed by atoms with E-state index in [0.29, 0.717) is 18.1 Å². The Morgan fingerprint density at radius 1 is 1.15 bits per heavy atom. The number of amides is 1. The molecule has 144 valence electrons. The summed E-state index contributed by atoms with van der Waals surface area (Å²) in [6.07, 6.45) is 1.91. The minimum atomic E-state index is -0.0546. The molecule has 1 aliphatic rings. The van der Waals surface area contributed by atoms with Gasteiger partial charge in [-0.05, 0) is 55.2 Å². The van der Waals surface area contributed by atoms with Crippen molar-refractivity contribution in [3.63, 3.8) is 0 Å². The third kappa shape index (κ3) is 5.01. The topological polar surface area (TPSA) is 59.6 Å². The molecule has 5 heteroatoms. The van der Waals surface area contributed by atoms with Gasteiger partial charge in [-0.2, -0.15) is 0 Å². The van der Waals surface area contributed by atoms with Crippen molar-refractivity contribution in [1.82, 2.24) is 5.32 Å². The molecule has 0 aromatic heterocycles. The highest BCUT2D eigenvalue weighted by molar-refractivity contribution is 6.00. The molecule has 1 amide bonds. The van der Waals surface area contributed by atoms with E-state index in [2.05, 4.69) is 24.5 Å². The van der Waals surface area contributed by atoms with Gasteiger partial charge in [0.2, 0.25) is 0 Å². The van der Waals surface area contributed by atoms with Crippen LogP contribution in [0, 0.1) is 5.92 Å². The highest BCUT2D eigenvalue weighted by atomic mass is 16.5. The molecule has 2 aromatic carbocycles. The van der Waals surface area contributed by atoms with Crippen LogP contribution in [0.25, 0.3) is 0 Å². The first-order chi connectivity index (χ1) is 13.1. The lowest BCUT2D eigenvalue weighted by Crippen LogP contribution is -2.43. The Balaban J connectivity index is 1.69. The number of hydrogen-bond acceptors (Lipinski definition) is 4. The molecule has 0 radical (unpaired) electrons. The second-order valence-corrected chi connectivity index (χ2v) is 7.25. The van der Waals surface area contributed by atoms with Gasteiger partial charge in [-0.3, -0.25) is 4.79 Å². The molecule has 5 nitrogen and oxygen atoms in total. The average molecular weight is 368 g/mol. The van der Waals surface area contributed by atoms with Gasteiger partial charge in [-0.25, -0.2) is 0 Å². The first-order valence-electron chi connectivity index (χ1n) is 9.49. The fourth-order valence-corrected chi connectivity index (χ4v) is 3.31. The van der Waals surface area contributed by atoms with Gasteiger partial charge in [0.15, 0.2) is 0 Å². The third-order valence-corrected chi connectivity index (χ3v) is 4.93. The highest BCUT2D eigenvalue weighted by Gasteiger charge is 2.26. The largest absolute Gasteiger partial charge is 0.497 e. The average Bonchev–Trinajstić information content (AvgIpc) is 2.69. The molecule has 1 aliphatic heterocycles. The van der Waals surface area contributed by atoms with Crippen molar-refractivity contribution in [2.24, 2.45) is 5.92 Å². The Hall–Kier alpha value is -2.53. The van der Waals surface area contributed by atoms with E-state index < -0.39 is 0 Å². The van der Waals surface area contributed by atoms with Crippen LogP contribution in [0.1, 0.15) is 37.0 Å². The number of para-hydroxylation sites is 1. The highest BCUT2D eigenvalue weighted by Crippen LogP contribution is 2.24. The lowest BCUT2D eigenvalue weighted by Gasteiger charge is -2.32. The number of anilines is 2. The van der Waals surface area contributed by atoms with Crippen molar-refractivity contribution in [2.45, 2.75) is 38.8 Å². The van der Waals surface area contributed by atoms with E-state index in [-0.39, 0.29) is 18.1 Å². The molecular formula is C22H28N2O3. The minimum absolute atomic E-state index is 0.0546. The van der Waals surface area contributed by atoms with Crippen LogP contribution in [0.2, 0.25) is 0 Å². The molecule has 0 aliphatic carbocycles. The van der Waals surface area contributed by atoms with Crippen molar-refractivity contribution in [3.8, 4) is 5.75 Å². The summed E-state index contributed by atoms with van der Waals surface area (Å²) in [7, 11) is 1.64. The van der Waals surface area contributed by atoms with Crippen molar-refractivity contribution in [2.75, 3.05) is 19.0 Å². The minimum Gasteiger partial charge on any atom is -0.497 e. The van der Waals surface area contributed by atoms with Crippen LogP contribution < -0.4 is 15.4 Å². The lowest BCUT2D eigenvalue weighted by molar-refractivity contribution is -0.0233. The molecule has 1 saturated heterocycles. The van der Waals surface area contributed by atoms with Gasteiger partial charge in [0.25, 0.3) is 5.91 Å². The van der Waals surface area contributed by atoms with E-state index in [0.717, 1.165) is 30.0 Å². The summed E-state index contributed by atoms with van der Waals surface area (Å²) >= 11 is 0. The fraction of sp³-hybridized carbons (Fsp3) is 0.409. The Morgan fingerprint density at radius 2 is 1.89 bits per heavy atom. The van der Waals surface area contributed by atoms with E-state index >= 15 is 0 Å². The fourth-order valence-electron chi connectivity index (χ4n) is 3.31. The predicted molar refractivity (Wildman–Crippen MR) is 108 cm³/mol. The van der Waals surface area contributed by atoms with Gasteiger partial charge in [-0.1, -0.05) is 26.0 Å². The molecule has 1 heterocycles. The zero-order chi connectivity index (χ0) is 19.2. The van der Waals surface area contributed by atoms with Gasteiger partial charge >= 0.3 is 0 Å². The van der Waals surface area contributed by atoms with E-state index in [1.807, 2.05) is 48.5 Å². The number of benzene rings is 2. The molecule has 0 bridgehead atoms. The molecule has 0 saturated carbocycles. The summed E-state index contributed by atoms with van der Waals surface area (Å²) in [6.45, 7) is 5.01. The van der Waals surface area contributed by atoms with Crippen LogP contribution in [0.15, 0.2) is 48.5 Å². The standard InChI is InChI=1S/C22H28N2O3/c1-15(2)21-14-17(12-13-27-21)24-22(25)19-6-4-5-7-20(19)23-16-8-10-18(26-3)11-9-16/h4-11,15,17,21,23H,12-14H2,1-3H3,(H,24,25)/t17-,21-/m0/s1. The van der Waals surface area contributed by atoms with Crippen molar-refractivity contribution in [3.05, 3.63) is 54.1 Å². The van der Waals surface area contributed by atoms with E-state index in [4.69, 9.17) is 9.47 Å². The third-order valence-electron chi connectivity index (χ3n) is 4.93. The Morgan fingerprint density at radius 3 is 2.59 bits per heavy atom. The number of hydrogen-bond donors (Lipinski definition) is 2. The molecule has 2 N–H and O–H groups in total. The van der Waals surface area contributed by atoms with Gasteiger partial charge in [0.1, 0.15) is 5.75 Å². The van der Waals surface area contributed by atoms with Gasteiger partial charge < -0.3 is 20.1 Å². The van der Waals surface area contributed by atoms with Crippen molar-refractivity contribution >= 4 is 17.3 Å². The maximum absolute atomic E-state index is 12.9. The van der Waals surface area contributed by atoms with Gasteiger partial charge in [0, 0.05) is 18.3 Å². The van der Waals surface area contributed by atoms with E-state index in [1.54, 1.807) is 7.11 Å². The predicted octanol–water partition coefficient (Wildman–Crippen LogP) is 4.37. The number of nitrogens with one attached hydrogen (secondary N) is 2.